The Balaban J connectivity index is 2.03. The van der Waals surface area contributed by atoms with Gasteiger partial charge in [0.15, 0.2) is 22.8 Å². The highest BCUT2D eigenvalue weighted by Gasteiger charge is 2.11. The maximum Gasteiger partial charge on any atom is 0.354 e. The van der Waals surface area contributed by atoms with Crippen LogP contribution in [0.5, 0.6) is 0 Å². The fourth-order valence-electron chi connectivity index (χ4n) is 1.42. The first-order valence-corrected chi connectivity index (χ1v) is 5.42. The maximum absolute atomic E-state index is 11.8. The first kappa shape index (κ1) is 13.3. The van der Waals surface area contributed by atoms with E-state index in [2.05, 4.69) is 9.97 Å². The molecule has 6 nitrogen and oxygen atoms in total. The highest BCUT2D eigenvalue weighted by Crippen LogP contribution is 2.14. The van der Waals surface area contributed by atoms with E-state index in [1.807, 2.05) is 0 Å². The number of alkyl halides is 2. The number of oxazole rings is 1. The molecule has 0 aliphatic rings. The summed E-state index contributed by atoms with van der Waals surface area (Å²) in [5, 5.41) is 8.76. The number of pyridine rings is 1. The molecule has 0 fully saturated rings. The van der Waals surface area contributed by atoms with Crippen LogP contribution in [-0.2, 0) is 11.2 Å². The number of rotatable bonds is 6. The van der Waals surface area contributed by atoms with Gasteiger partial charge in [-0.15, -0.1) is 0 Å². The van der Waals surface area contributed by atoms with Crippen LogP contribution >= 0.6 is 0 Å². The van der Waals surface area contributed by atoms with Gasteiger partial charge in [0.05, 0.1) is 6.61 Å². The Labute approximate surface area is 106 Å². The summed E-state index contributed by atoms with van der Waals surface area (Å²) in [6, 6.07) is 2.75. The minimum absolute atomic E-state index is 0.0446. The van der Waals surface area contributed by atoms with Crippen molar-refractivity contribution in [1.29, 1.82) is 0 Å². The molecule has 0 radical (unpaired) electrons. The van der Waals surface area contributed by atoms with E-state index in [1.54, 1.807) is 0 Å². The van der Waals surface area contributed by atoms with Gasteiger partial charge in [-0.25, -0.2) is 18.6 Å². The third kappa shape index (κ3) is 3.44. The maximum atomic E-state index is 11.8. The summed E-state index contributed by atoms with van der Waals surface area (Å²) in [5.74, 6) is -0.897. The van der Waals surface area contributed by atoms with Crippen molar-refractivity contribution in [1.82, 2.24) is 9.97 Å². The minimum Gasteiger partial charge on any atom is -0.477 e. The van der Waals surface area contributed by atoms with E-state index in [-0.39, 0.29) is 30.3 Å². The molecule has 19 heavy (non-hydrogen) atoms. The molecule has 102 valence electrons. The van der Waals surface area contributed by atoms with Crippen LogP contribution in [0.2, 0.25) is 0 Å². The van der Waals surface area contributed by atoms with E-state index in [9.17, 15) is 13.6 Å². The molecule has 2 aromatic rings. The third-order valence-electron chi connectivity index (χ3n) is 2.22. The molecule has 0 aromatic carbocycles. The SMILES string of the molecule is O=C(O)c1ccc2oc(CCOCC(F)F)nc2n1. The van der Waals surface area contributed by atoms with Crippen LogP contribution in [0.1, 0.15) is 16.4 Å². The minimum atomic E-state index is -2.51. The topological polar surface area (TPSA) is 85.5 Å². The highest BCUT2D eigenvalue weighted by molar-refractivity contribution is 5.87. The number of aromatic carboxylic acids is 1. The second-order valence-corrected chi connectivity index (χ2v) is 3.65. The standard InChI is InChI=1S/C11H10F2N2O4/c12-8(13)5-18-4-3-9-15-10-7(19-9)2-1-6(14-10)11(16)17/h1-2,8H,3-5H2,(H,16,17). The zero-order valence-electron chi connectivity index (χ0n) is 9.68. The monoisotopic (exact) mass is 272 g/mol. The fourth-order valence-corrected chi connectivity index (χ4v) is 1.42. The van der Waals surface area contributed by atoms with Crippen LogP contribution in [-0.4, -0.2) is 40.7 Å². The van der Waals surface area contributed by atoms with Gasteiger partial charge in [0, 0.05) is 6.42 Å². The molecule has 0 spiro atoms. The number of carboxylic acid groups (broad SMARTS) is 1. The van der Waals surface area contributed by atoms with Gasteiger partial charge in [-0.3, -0.25) is 0 Å². The van der Waals surface area contributed by atoms with Crippen molar-refractivity contribution >= 4 is 17.2 Å². The van der Waals surface area contributed by atoms with Crippen LogP contribution in [0.3, 0.4) is 0 Å². The van der Waals surface area contributed by atoms with Gasteiger partial charge in [0.2, 0.25) is 0 Å². The first-order chi connectivity index (χ1) is 9.06. The van der Waals surface area contributed by atoms with Gasteiger partial charge in [-0.2, -0.15) is 4.98 Å². The summed E-state index contributed by atoms with van der Waals surface area (Å²) in [6.07, 6.45) is -2.30. The number of fused-ring (bicyclic) bond motifs is 1. The van der Waals surface area contributed by atoms with E-state index in [1.165, 1.54) is 12.1 Å². The highest BCUT2D eigenvalue weighted by atomic mass is 19.3. The number of ether oxygens (including phenoxy) is 1. The van der Waals surface area contributed by atoms with Gasteiger partial charge in [-0.05, 0) is 12.1 Å². The quantitative estimate of drug-likeness (QED) is 0.806. The number of hydrogen-bond acceptors (Lipinski definition) is 5. The summed E-state index contributed by atoms with van der Waals surface area (Å²) in [5.41, 5.74) is 0.374. The Hall–Kier alpha value is -2.09. The Kier molecular flexibility index (Phi) is 4.00. The Bertz CT molecular complexity index is 585. The molecular formula is C11H10F2N2O4. The van der Waals surface area contributed by atoms with Gasteiger partial charge in [0.1, 0.15) is 6.61 Å². The molecule has 0 atom stereocenters. The molecule has 0 unspecified atom stereocenters. The lowest BCUT2D eigenvalue weighted by Crippen LogP contribution is -2.07. The molecule has 8 heteroatoms. The van der Waals surface area contributed by atoms with Crippen LogP contribution in [0.15, 0.2) is 16.5 Å². The van der Waals surface area contributed by atoms with Crippen molar-refractivity contribution < 1.29 is 27.8 Å². The molecule has 0 amide bonds. The summed E-state index contributed by atoms with van der Waals surface area (Å²) >= 11 is 0. The largest absolute Gasteiger partial charge is 0.477 e. The molecule has 0 saturated heterocycles. The van der Waals surface area contributed by atoms with Crippen LogP contribution < -0.4 is 0 Å². The number of aromatic nitrogens is 2. The summed E-state index contributed by atoms with van der Waals surface area (Å²) in [7, 11) is 0. The average molecular weight is 272 g/mol. The first-order valence-electron chi connectivity index (χ1n) is 5.42. The lowest BCUT2D eigenvalue weighted by atomic mass is 10.3. The lowest BCUT2D eigenvalue weighted by Gasteiger charge is -1.99. The molecule has 1 N–H and O–H groups in total. The zero-order chi connectivity index (χ0) is 13.8. The number of hydrogen-bond donors (Lipinski definition) is 1. The van der Waals surface area contributed by atoms with Crippen LogP contribution in [0.25, 0.3) is 11.2 Å². The van der Waals surface area contributed by atoms with Crippen LogP contribution in [0.4, 0.5) is 8.78 Å². The average Bonchev–Trinajstić information content (AvgIpc) is 2.75. The van der Waals surface area contributed by atoms with Crippen molar-refractivity contribution in [3.8, 4) is 0 Å². The van der Waals surface area contributed by atoms with Crippen molar-refractivity contribution in [3.63, 3.8) is 0 Å². The Morgan fingerprint density at radius 2 is 2.21 bits per heavy atom. The predicted molar refractivity (Wildman–Crippen MR) is 59.3 cm³/mol. The predicted octanol–water partition coefficient (Wildman–Crippen LogP) is 1.75. The Morgan fingerprint density at radius 3 is 2.89 bits per heavy atom. The fraction of sp³-hybridized carbons (Fsp3) is 0.364. The van der Waals surface area contributed by atoms with Crippen molar-refractivity contribution in [2.75, 3.05) is 13.2 Å². The lowest BCUT2D eigenvalue weighted by molar-refractivity contribution is 0.0174. The van der Waals surface area contributed by atoms with E-state index < -0.39 is 19.0 Å². The number of carboxylic acids is 1. The molecule has 0 saturated carbocycles. The third-order valence-corrected chi connectivity index (χ3v) is 2.22. The van der Waals surface area contributed by atoms with Gasteiger partial charge in [0.25, 0.3) is 6.43 Å². The van der Waals surface area contributed by atoms with E-state index in [4.69, 9.17) is 14.3 Å². The smallest absolute Gasteiger partial charge is 0.354 e. The molecule has 0 aliphatic heterocycles. The molecule has 2 rings (SSSR count). The summed E-state index contributed by atoms with van der Waals surface area (Å²) < 4.78 is 33.6. The molecule has 2 heterocycles. The second-order valence-electron chi connectivity index (χ2n) is 3.65. The summed E-state index contributed by atoms with van der Waals surface area (Å²) in [6.45, 7) is -0.593. The second kappa shape index (κ2) is 5.70. The van der Waals surface area contributed by atoms with Crippen LogP contribution in [0, 0.1) is 0 Å². The zero-order valence-corrected chi connectivity index (χ0v) is 9.68. The van der Waals surface area contributed by atoms with Gasteiger partial charge in [-0.1, -0.05) is 0 Å². The molecular weight excluding hydrogens is 262 g/mol. The number of halogens is 2. The normalized spacial score (nSPS) is 11.3. The Morgan fingerprint density at radius 1 is 1.42 bits per heavy atom. The van der Waals surface area contributed by atoms with Gasteiger partial charge >= 0.3 is 5.97 Å². The summed E-state index contributed by atoms with van der Waals surface area (Å²) in [4.78, 5) is 18.5. The number of carbonyl (C=O) groups is 1. The van der Waals surface area contributed by atoms with E-state index in [0.29, 0.717) is 5.58 Å². The number of nitrogens with zero attached hydrogens (tertiary/aromatic N) is 2. The molecule has 0 bridgehead atoms. The van der Waals surface area contributed by atoms with E-state index in [0.717, 1.165) is 0 Å². The van der Waals surface area contributed by atoms with Crippen molar-refractivity contribution in [3.05, 3.63) is 23.7 Å². The van der Waals surface area contributed by atoms with E-state index >= 15 is 0 Å². The van der Waals surface area contributed by atoms with Crippen molar-refractivity contribution in [2.24, 2.45) is 0 Å². The van der Waals surface area contributed by atoms with Crippen molar-refractivity contribution in [2.45, 2.75) is 12.8 Å². The van der Waals surface area contributed by atoms with Gasteiger partial charge < -0.3 is 14.3 Å². The molecule has 2 aromatic heterocycles. The molecule has 0 aliphatic carbocycles.